The minimum absolute atomic E-state index is 0.141. The molecule has 0 unspecified atom stereocenters. The zero-order chi connectivity index (χ0) is 22.4. The molecule has 10 nitrogen and oxygen atoms in total. The number of carboxylic acids is 3. The molecule has 10 heteroatoms. The number of aromatic hydroxyl groups is 2. The highest BCUT2D eigenvalue weighted by atomic mass is 16.4. The van der Waals surface area contributed by atoms with E-state index in [0.717, 1.165) is 12.1 Å². The third kappa shape index (κ3) is 3.04. The Bertz CT molecular complexity index is 1130. The number of hydrogen-bond donors (Lipinski definition) is 5. The fourth-order valence-corrected chi connectivity index (χ4v) is 3.51. The highest BCUT2D eigenvalue weighted by Crippen LogP contribution is 2.39. The number of phenolic OH excluding ortho intramolecular Hbond substituents is 2. The number of carbonyl (C=O) groups excluding carboxylic acids is 2. The van der Waals surface area contributed by atoms with Crippen LogP contribution in [0.25, 0.3) is 0 Å². The van der Waals surface area contributed by atoms with Crippen LogP contribution in [-0.4, -0.2) is 55.0 Å². The van der Waals surface area contributed by atoms with Crippen molar-refractivity contribution in [3.8, 4) is 11.5 Å². The van der Waals surface area contributed by atoms with E-state index in [1.54, 1.807) is 0 Å². The number of carboxylic acid groups (broad SMARTS) is 3. The van der Waals surface area contributed by atoms with Gasteiger partial charge in [0.05, 0.1) is 17.5 Å². The molecular weight excluding hydrogens is 400 g/mol. The lowest BCUT2D eigenvalue weighted by Gasteiger charge is -2.25. The van der Waals surface area contributed by atoms with Crippen LogP contribution in [0.4, 0.5) is 0 Å². The van der Waals surface area contributed by atoms with Crippen molar-refractivity contribution < 1.29 is 49.5 Å². The number of fused-ring (bicyclic) bond motifs is 2. The Labute approximate surface area is 167 Å². The second-order valence-electron chi connectivity index (χ2n) is 6.84. The number of carbonyl (C=O) groups is 5. The molecule has 1 aliphatic carbocycles. The van der Waals surface area contributed by atoms with Gasteiger partial charge in [0.15, 0.2) is 11.2 Å². The number of ketones is 2. The summed E-state index contributed by atoms with van der Waals surface area (Å²) in [5.41, 5.74) is -4.10. The molecule has 0 amide bonds. The SMILES string of the molecule is O=C(O)CC(Cc1cc(O)c2c(c1)C(=O)c1cccc(O)c1C2=O)(C(=O)O)C(=O)O. The van der Waals surface area contributed by atoms with Crippen LogP contribution < -0.4 is 0 Å². The van der Waals surface area contributed by atoms with Crippen LogP contribution >= 0.6 is 0 Å². The molecule has 0 saturated heterocycles. The van der Waals surface area contributed by atoms with Crippen molar-refractivity contribution in [2.45, 2.75) is 12.8 Å². The monoisotopic (exact) mass is 414 g/mol. The first-order valence-corrected chi connectivity index (χ1v) is 8.45. The molecule has 0 spiro atoms. The van der Waals surface area contributed by atoms with Crippen LogP contribution in [0.2, 0.25) is 0 Å². The highest BCUT2D eigenvalue weighted by molar-refractivity contribution is 6.30. The molecule has 0 bridgehead atoms. The maximum atomic E-state index is 12.8. The van der Waals surface area contributed by atoms with Crippen molar-refractivity contribution in [1.29, 1.82) is 0 Å². The molecule has 0 radical (unpaired) electrons. The molecule has 0 heterocycles. The molecule has 5 N–H and O–H groups in total. The number of hydrogen-bond acceptors (Lipinski definition) is 7. The van der Waals surface area contributed by atoms with Gasteiger partial charge in [-0.05, 0) is 30.2 Å². The largest absolute Gasteiger partial charge is 0.507 e. The van der Waals surface area contributed by atoms with E-state index in [9.17, 15) is 44.4 Å². The summed E-state index contributed by atoms with van der Waals surface area (Å²) in [6, 6.07) is 5.76. The zero-order valence-corrected chi connectivity index (χ0v) is 15.1. The van der Waals surface area contributed by atoms with Crippen molar-refractivity contribution in [3.05, 3.63) is 58.1 Å². The Kier molecular flexibility index (Phi) is 4.78. The first-order chi connectivity index (χ1) is 14.0. The van der Waals surface area contributed by atoms with Crippen molar-refractivity contribution in [2.75, 3.05) is 0 Å². The summed E-state index contributed by atoms with van der Waals surface area (Å²) in [5, 5.41) is 48.1. The molecule has 0 aliphatic heterocycles. The van der Waals surface area contributed by atoms with E-state index >= 15 is 0 Å². The Morgan fingerprint density at radius 2 is 1.40 bits per heavy atom. The zero-order valence-electron chi connectivity index (χ0n) is 15.1. The third-order valence-corrected chi connectivity index (χ3v) is 4.94. The molecule has 30 heavy (non-hydrogen) atoms. The summed E-state index contributed by atoms with van der Waals surface area (Å²) < 4.78 is 0. The highest BCUT2D eigenvalue weighted by Gasteiger charge is 2.49. The minimum atomic E-state index is -2.76. The van der Waals surface area contributed by atoms with Gasteiger partial charge in [-0.1, -0.05) is 12.1 Å². The van der Waals surface area contributed by atoms with Gasteiger partial charge in [0, 0.05) is 11.1 Å². The second kappa shape index (κ2) is 6.99. The number of rotatable bonds is 6. The molecule has 0 saturated carbocycles. The summed E-state index contributed by atoms with van der Waals surface area (Å²) in [5.74, 6) is -8.26. The van der Waals surface area contributed by atoms with Crippen LogP contribution in [-0.2, 0) is 20.8 Å². The van der Waals surface area contributed by atoms with Crippen molar-refractivity contribution in [1.82, 2.24) is 0 Å². The molecule has 0 fully saturated rings. The van der Waals surface area contributed by atoms with Crippen molar-refractivity contribution >= 4 is 29.5 Å². The van der Waals surface area contributed by atoms with E-state index in [1.807, 2.05) is 0 Å². The molecule has 3 rings (SSSR count). The molecule has 2 aromatic carbocycles. The van der Waals surface area contributed by atoms with Crippen molar-refractivity contribution in [3.63, 3.8) is 0 Å². The lowest BCUT2D eigenvalue weighted by Crippen LogP contribution is -2.43. The Morgan fingerprint density at radius 3 is 1.97 bits per heavy atom. The number of benzene rings is 2. The quantitative estimate of drug-likeness (QED) is 0.365. The maximum absolute atomic E-state index is 12.8. The summed E-state index contributed by atoms with van der Waals surface area (Å²) in [7, 11) is 0. The average Bonchev–Trinajstić information content (AvgIpc) is 2.64. The molecule has 0 atom stereocenters. The van der Waals surface area contributed by atoms with Crippen LogP contribution in [0, 0.1) is 5.41 Å². The summed E-state index contributed by atoms with van der Waals surface area (Å²) in [6.45, 7) is 0. The predicted molar refractivity (Wildman–Crippen MR) is 96.7 cm³/mol. The fraction of sp³-hybridized carbons (Fsp3) is 0.150. The molecule has 154 valence electrons. The first-order valence-electron chi connectivity index (χ1n) is 8.45. The normalized spacial score (nSPS) is 12.8. The lowest BCUT2D eigenvalue weighted by atomic mass is 9.76. The van der Waals surface area contributed by atoms with E-state index in [1.165, 1.54) is 18.2 Å². The molecule has 0 aromatic heterocycles. The number of aliphatic carboxylic acids is 3. The summed E-state index contributed by atoms with van der Waals surface area (Å²) in [6.07, 6.45) is -2.11. The second-order valence-corrected chi connectivity index (χ2v) is 6.84. The molecule has 2 aromatic rings. The smallest absolute Gasteiger partial charge is 0.322 e. The van der Waals surface area contributed by atoms with E-state index < -0.39 is 64.8 Å². The summed E-state index contributed by atoms with van der Waals surface area (Å²) >= 11 is 0. The predicted octanol–water partition coefficient (Wildman–Crippen LogP) is 1.05. The van der Waals surface area contributed by atoms with Crippen molar-refractivity contribution in [2.24, 2.45) is 5.41 Å². The van der Waals surface area contributed by atoms with Gasteiger partial charge in [0.1, 0.15) is 11.5 Å². The Morgan fingerprint density at radius 1 is 0.800 bits per heavy atom. The van der Waals surface area contributed by atoms with E-state index in [2.05, 4.69) is 0 Å². The topological polar surface area (TPSA) is 186 Å². The average molecular weight is 414 g/mol. The molecular formula is C20H14O10. The van der Waals surface area contributed by atoms with Gasteiger partial charge in [-0.25, -0.2) is 0 Å². The van der Waals surface area contributed by atoms with E-state index in [0.29, 0.717) is 0 Å². The van der Waals surface area contributed by atoms with E-state index in [4.69, 9.17) is 5.11 Å². The standard InChI is InChI=1S/C20H14O10/c21-11-3-1-2-9-14(11)17(26)15-10(16(9)25)4-8(5-12(15)22)6-20(18(27)28,19(29)30)7-13(23)24/h1-5,21-22H,6-7H2,(H,23,24)(H,27,28)(H,29,30). The summed E-state index contributed by atoms with van der Waals surface area (Å²) in [4.78, 5) is 59.9. The van der Waals surface area contributed by atoms with Gasteiger partial charge in [-0.2, -0.15) is 0 Å². The third-order valence-electron chi connectivity index (χ3n) is 4.94. The van der Waals surface area contributed by atoms with Gasteiger partial charge in [0.25, 0.3) is 0 Å². The number of phenols is 2. The van der Waals surface area contributed by atoms with Gasteiger partial charge in [-0.3, -0.25) is 24.0 Å². The van der Waals surface area contributed by atoms with Gasteiger partial charge < -0.3 is 25.5 Å². The first kappa shape index (κ1) is 20.5. The van der Waals surface area contributed by atoms with Crippen LogP contribution in [0.1, 0.15) is 43.8 Å². The Balaban J connectivity index is 2.16. The van der Waals surface area contributed by atoms with Crippen LogP contribution in [0.3, 0.4) is 0 Å². The van der Waals surface area contributed by atoms with Gasteiger partial charge >= 0.3 is 17.9 Å². The van der Waals surface area contributed by atoms with Crippen LogP contribution in [0.5, 0.6) is 11.5 Å². The van der Waals surface area contributed by atoms with Crippen LogP contribution in [0.15, 0.2) is 30.3 Å². The van der Waals surface area contributed by atoms with E-state index in [-0.39, 0.29) is 22.3 Å². The molecule has 1 aliphatic rings. The maximum Gasteiger partial charge on any atom is 0.322 e. The fourth-order valence-electron chi connectivity index (χ4n) is 3.51. The van der Waals surface area contributed by atoms with Gasteiger partial charge in [0.2, 0.25) is 5.78 Å². The Hall–Kier alpha value is -4.21. The lowest BCUT2D eigenvalue weighted by molar-refractivity contribution is -0.169. The van der Waals surface area contributed by atoms with Gasteiger partial charge in [-0.15, -0.1) is 0 Å². The minimum Gasteiger partial charge on any atom is -0.507 e.